The van der Waals surface area contributed by atoms with Crippen LogP contribution in [0.5, 0.6) is 0 Å². The summed E-state index contributed by atoms with van der Waals surface area (Å²) in [6, 6.07) is 0. The van der Waals surface area contributed by atoms with E-state index in [0.717, 1.165) is 11.8 Å². The molecule has 0 N–H and O–H groups in total. The molecule has 9 heavy (non-hydrogen) atoms. The summed E-state index contributed by atoms with van der Waals surface area (Å²) < 4.78 is 0. The predicted molar refractivity (Wildman–Crippen MR) is 42.1 cm³/mol. The Morgan fingerprint density at radius 3 is 1.44 bits per heavy atom. The van der Waals surface area contributed by atoms with Gasteiger partial charge in [0.2, 0.25) is 0 Å². The van der Waals surface area contributed by atoms with Crippen molar-refractivity contribution < 1.29 is 0 Å². The summed E-state index contributed by atoms with van der Waals surface area (Å²) >= 11 is 0. The van der Waals surface area contributed by atoms with Crippen LogP contribution in [0.15, 0.2) is 0 Å². The first-order chi connectivity index (χ1) is 4.30. The monoisotopic (exact) mass is 124 g/mol. The van der Waals surface area contributed by atoms with Gasteiger partial charge in [-0.25, -0.2) is 0 Å². The third kappa shape index (κ3) is 2.56. The van der Waals surface area contributed by atoms with Crippen LogP contribution in [0.3, 0.4) is 0 Å². The Bertz CT molecular complexity index is 73.3. The average molecular weight is 124 g/mol. The molecule has 0 saturated heterocycles. The fourth-order valence-electron chi connectivity index (χ4n) is 1.33. The lowest BCUT2D eigenvalue weighted by atomic mass is 10.0. The Hall–Kier alpha value is -0.440. The molecular formula is C9H16. The number of rotatable bonds is 0. The van der Waals surface area contributed by atoms with E-state index in [0.29, 0.717) is 0 Å². The zero-order valence-electron chi connectivity index (χ0n) is 6.43. The van der Waals surface area contributed by atoms with Crippen LogP contribution in [0.1, 0.15) is 33.1 Å². The van der Waals surface area contributed by atoms with Gasteiger partial charge in [-0.15, -0.1) is 12.8 Å². The van der Waals surface area contributed by atoms with E-state index in [1.807, 2.05) is 0 Å². The summed E-state index contributed by atoms with van der Waals surface area (Å²) in [5.74, 6) is 2.03. The van der Waals surface area contributed by atoms with Crippen molar-refractivity contribution in [3.8, 4) is 12.8 Å². The van der Waals surface area contributed by atoms with Crippen molar-refractivity contribution in [3.05, 3.63) is 0 Å². The normalized spacial score (nSPS) is 32.9. The second-order valence-electron chi connectivity index (χ2n) is 2.89. The molecule has 1 aliphatic rings. The summed E-state index contributed by atoms with van der Waals surface area (Å²) in [6.45, 7) is 4.72. The molecule has 2 atom stereocenters. The highest BCUT2D eigenvalue weighted by atomic mass is 14.2. The maximum atomic E-state index is 4.00. The van der Waals surface area contributed by atoms with Crippen molar-refractivity contribution in [2.24, 2.45) is 11.8 Å². The molecule has 0 unspecified atom stereocenters. The van der Waals surface area contributed by atoms with Crippen molar-refractivity contribution in [1.82, 2.24) is 0 Å². The lowest BCUT2D eigenvalue weighted by molar-refractivity contribution is 0.457. The van der Waals surface area contributed by atoms with Crippen molar-refractivity contribution in [2.45, 2.75) is 33.1 Å². The van der Waals surface area contributed by atoms with Crippen LogP contribution < -0.4 is 0 Å². The second kappa shape index (κ2) is 4.44. The summed E-state index contributed by atoms with van der Waals surface area (Å²) in [5.41, 5.74) is 0. The lowest BCUT2D eigenvalue weighted by Crippen LogP contribution is -1.95. The summed E-state index contributed by atoms with van der Waals surface area (Å²) in [5, 5.41) is 0. The maximum absolute atomic E-state index is 4.00. The topological polar surface area (TPSA) is 0 Å². The van der Waals surface area contributed by atoms with Crippen molar-refractivity contribution in [3.63, 3.8) is 0 Å². The van der Waals surface area contributed by atoms with Gasteiger partial charge < -0.3 is 0 Å². The molecule has 0 nitrogen and oxygen atoms in total. The fourth-order valence-corrected chi connectivity index (χ4v) is 1.33. The highest BCUT2D eigenvalue weighted by molar-refractivity contribution is 4.69. The first kappa shape index (κ1) is 8.56. The predicted octanol–water partition coefficient (Wildman–Crippen LogP) is 2.69. The van der Waals surface area contributed by atoms with Crippen LogP contribution in [-0.4, -0.2) is 0 Å². The largest absolute Gasteiger partial charge is 0.124 e. The van der Waals surface area contributed by atoms with Gasteiger partial charge in [0.15, 0.2) is 0 Å². The smallest absolute Gasteiger partial charge is 0.0417 e. The Balaban J connectivity index is 0.000000291. The quantitative estimate of drug-likeness (QED) is 0.435. The Morgan fingerprint density at radius 1 is 1.00 bits per heavy atom. The van der Waals surface area contributed by atoms with Gasteiger partial charge in [-0.2, -0.15) is 0 Å². The molecule has 0 aromatic heterocycles. The summed E-state index contributed by atoms with van der Waals surface area (Å²) in [4.78, 5) is 0. The molecule has 1 rings (SSSR count). The number of hydrogen-bond acceptors (Lipinski definition) is 0. The zero-order valence-corrected chi connectivity index (χ0v) is 6.43. The van der Waals surface area contributed by atoms with E-state index in [4.69, 9.17) is 0 Å². The molecule has 0 heterocycles. The third-order valence-corrected chi connectivity index (χ3v) is 2.29. The summed E-state index contributed by atoms with van der Waals surface area (Å²) in [6.07, 6.45) is 12.4. The molecule has 1 fully saturated rings. The molecular weight excluding hydrogens is 108 g/mol. The van der Waals surface area contributed by atoms with E-state index in [1.54, 1.807) is 0 Å². The maximum Gasteiger partial charge on any atom is -0.0417 e. The molecule has 0 aliphatic heterocycles. The summed E-state index contributed by atoms with van der Waals surface area (Å²) in [7, 11) is 0. The van der Waals surface area contributed by atoms with Gasteiger partial charge in [-0.05, 0) is 11.8 Å². The van der Waals surface area contributed by atoms with Gasteiger partial charge in [0.1, 0.15) is 0 Å². The molecule has 0 heteroatoms. The van der Waals surface area contributed by atoms with Crippen molar-refractivity contribution in [2.75, 3.05) is 0 Å². The molecule has 0 aromatic rings. The van der Waals surface area contributed by atoms with Crippen LogP contribution in [0, 0.1) is 24.7 Å². The molecule has 52 valence electrons. The first-order valence-corrected chi connectivity index (χ1v) is 3.64. The van der Waals surface area contributed by atoms with Crippen LogP contribution in [-0.2, 0) is 0 Å². The van der Waals surface area contributed by atoms with E-state index in [1.165, 1.54) is 19.3 Å². The zero-order chi connectivity index (χ0) is 7.28. The Kier molecular flexibility index (Phi) is 4.22. The van der Waals surface area contributed by atoms with Gasteiger partial charge >= 0.3 is 0 Å². The molecule has 1 saturated carbocycles. The van der Waals surface area contributed by atoms with Gasteiger partial charge in [-0.3, -0.25) is 0 Å². The minimum Gasteiger partial charge on any atom is -0.124 e. The standard InChI is InChI=1S/C7H14.C2H2/c1-6-4-3-5-7(6)2;1-2/h6-7H,3-5H2,1-2H3;1-2H/t6-,7+;. The molecule has 0 bridgehead atoms. The van der Waals surface area contributed by atoms with E-state index >= 15 is 0 Å². The number of terminal acetylenes is 1. The number of hydrogen-bond donors (Lipinski definition) is 0. The second-order valence-corrected chi connectivity index (χ2v) is 2.89. The van der Waals surface area contributed by atoms with Gasteiger partial charge in [0, 0.05) is 0 Å². The van der Waals surface area contributed by atoms with Crippen molar-refractivity contribution in [1.29, 1.82) is 0 Å². The molecule has 1 aliphatic carbocycles. The third-order valence-electron chi connectivity index (χ3n) is 2.29. The van der Waals surface area contributed by atoms with Crippen LogP contribution in [0.4, 0.5) is 0 Å². The van der Waals surface area contributed by atoms with Crippen LogP contribution in [0.25, 0.3) is 0 Å². The molecule has 0 amide bonds. The van der Waals surface area contributed by atoms with Gasteiger partial charge in [-0.1, -0.05) is 33.1 Å². The highest BCUT2D eigenvalue weighted by Crippen LogP contribution is 2.29. The van der Waals surface area contributed by atoms with Gasteiger partial charge in [0.05, 0.1) is 0 Å². The van der Waals surface area contributed by atoms with Gasteiger partial charge in [0.25, 0.3) is 0 Å². The highest BCUT2D eigenvalue weighted by Gasteiger charge is 2.17. The van der Waals surface area contributed by atoms with E-state index in [-0.39, 0.29) is 0 Å². The van der Waals surface area contributed by atoms with Crippen LogP contribution in [0.2, 0.25) is 0 Å². The average Bonchev–Trinajstić information content (AvgIpc) is 2.23. The minimum atomic E-state index is 1.01. The lowest BCUT2D eigenvalue weighted by Gasteiger charge is -2.05. The fraction of sp³-hybridized carbons (Fsp3) is 0.778. The first-order valence-electron chi connectivity index (χ1n) is 3.64. The van der Waals surface area contributed by atoms with Crippen molar-refractivity contribution >= 4 is 0 Å². The van der Waals surface area contributed by atoms with E-state index in [9.17, 15) is 0 Å². The van der Waals surface area contributed by atoms with E-state index < -0.39 is 0 Å². The van der Waals surface area contributed by atoms with E-state index in [2.05, 4.69) is 26.7 Å². The Labute approximate surface area is 58.7 Å². The molecule has 0 radical (unpaired) electrons. The molecule has 0 aromatic carbocycles. The SMILES string of the molecule is C#C.C[C@@H]1CCC[C@@H]1C. The minimum absolute atomic E-state index is 1.01. The van der Waals surface area contributed by atoms with Crippen LogP contribution >= 0.6 is 0 Å². The Morgan fingerprint density at radius 2 is 1.33 bits per heavy atom. The molecule has 0 spiro atoms.